The van der Waals surface area contributed by atoms with Crippen LogP contribution in [0.5, 0.6) is 0 Å². The molecule has 0 N–H and O–H groups in total. The lowest BCUT2D eigenvalue weighted by molar-refractivity contribution is 1.03. The molecule has 0 amide bonds. The van der Waals surface area contributed by atoms with Gasteiger partial charge in [-0.15, -0.1) is 0 Å². The number of pyridine rings is 1. The van der Waals surface area contributed by atoms with Crippen LogP contribution in [0.3, 0.4) is 0 Å². The summed E-state index contributed by atoms with van der Waals surface area (Å²) in [6.07, 6.45) is 4.60. The molecule has 4 nitrogen and oxygen atoms in total. The van der Waals surface area contributed by atoms with Crippen LogP contribution in [-0.4, -0.2) is 14.4 Å². The predicted molar refractivity (Wildman–Crippen MR) is 63.1 cm³/mol. The molecule has 0 spiro atoms. The Morgan fingerprint density at radius 2 is 2.38 bits per heavy atom. The summed E-state index contributed by atoms with van der Waals surface area (Å²) in [6, 6.07) is 4.04. The largest absolute Gasteiger partial charge is 0.329 e. The first kappa shape index (κ1) is 9.47. The van der Waals surface area contributed by atoms with E-state index >= 15 is 0 Å². The number of rotatable bonds is 1. The Morgan fingerprint density at radius 3 is 3.19 bits per heavy atom. The van der Waals surface area contributed by atoms with Gasteiger partial charge in [-0.1, -0.05) is 18.3 Å². The van der Waals surface area contributed by atoms with Crippen molar-refractivity contribution in [2.75, 3.05) is 0 Å². The molecule has 0 saturated carbocycles. The van der Waals surface area contributed by atoms with E-state index in [1.54, 1.807) is 6.20 Å². The molecule has 0 unspecified atom stereocenters. The Morgan fingerprint density at radius 1 is 1.50 bits per heavy atom. The van der Waals surface area contributed by atoms with Gasteiger partial charge in [0.1, 0.15) is 5.65 Å². The van der Waals surface area contributed by atoms with Crippen molar-refractivity contribution < 1.29 is 0 Å². The molecule has 2 aliphatic heterocycles. The van der Waals surface area contributed by atoms with E-state index in [2.05, 4.69) is 16.9 Å². The summed E-state index contributed by atoms with van der Waals surface area (Å²) in [6.45, 7) is 2.10. The minimum atomic E-state index is -0.170. The van der Waals surface area contributed by atoms with E-state index in [0.29, 0.717) is 5.82 Å². The summed E-state index contributed by atoms with van der Waals surface area (Å²) in [5.41, 5.74) is 2.06. The minimum Gasteiger partial charge on any atom is -0.285 e. The maximum absolute atomic E-state index is 11.2. The smallest absolute Gasteiger partial charge is 0.285 e. The maximum atomic E-state index is 11.2. The molecule has 0 fully saturated rings. The van der Waals surface area contributed by atoms with Crippen molar-refractivity contribution in [3.8, 4) is 10.7 Å². The van der Waals surface area contributed by atoms with Crippen LogP contribution >= 0.6 is 11.3 Å². The zero-order valence-corrected chi connectivity index (χ0v) is 9.49. The lowest BCUT2D eigenvalue weighted by Gasteiger charge is -2.06. The van der Waals surface area contributed by atoms with Gasteiger partial charge in [0, 0.05) is 6.20 Å². The van der Waals surface area contributed by atoms with Crippen LogP contribution in [0.15, 0.2) is 29.3 Å². The molecule has 80 valence electrons. The molecular weight excluding hydrogens is 222 g/mol. The Kier molecular flexibility index (Phi) is 2.00. The SMILES string of the molecule is CCc1ccn2c3nc(=O)sc-3cnc2c1. The van der Waals surface area contributed by atoms with E-state index in [1.807, 2.05) is 22.7 Å². The topological polar surface area (TPSA) is 47.3 Å². The molecule has 1 aromatic heterocycles. The highest BCUT2D eigenvalue weighted by molar-refractivity contribution is 7.12. The highest BCUT2D eigenvalue weighted by Crippen LogP contribution is 2.22. The Bertz CT molecular complexity index is 685. The van der Waals surface area contributed by atoms with Crippen LogP contribution < -0.4 is 4.87 Å². The van der Waals surface area contributed by atoms with E-state index in [4.69, 9.17) is 0 Å². The average molecular weight is 231 g/mol. The number of aromatic nitrogens is 3. The van der Waals surface area contributed by atoms with Crippen LogP contribution in [0, 0.1) is 0 Å². The molecule has 0 atom stereocenters. The van der Waals surface area contributed by atoms with E-state index < -0.39 is 0 Å². The second kappa shape index (κ2) is 3.38. The standard InChI is InChI=1S/C11H9N3OS/c1-2-7-3-4-14-9(5-7)12-6-8-10(14)13-11(15)16-8/h3-6H,2H2,1H3. The molecule has 16 heavy (non-hydrogen) atoms. The Balaban J connectivity index is 2.42. The zero-order valence-electron chi connectivity index (χ0n) is 8.67. The van der Waals surface area contributed by atoms with Crippen LogP contribution in [0.25, 0.3) is 16.3 Å². The van der Waals surface area contributed by atoms with Crippen molar-refractivity contribution in [3.63, 3.8) is 0 Å². The lowest BCUT2D eigenvalue weighted by Crippen LogP contribution is -2.00. The van der Waals surface area contributed by atoms with Gasteiger partial charge in [0.2, 0.25) is 0 Å². The number of hydrogen-bond acceptors (Lipinski definition) is 4. The second-order valence-corrected chi connectivity index (χ2v) is 4.54. The van der Waals surface area contributed by atoms with Gasteiger partial charge in [-0.2, -0.15) is 4.98 Å². The van der Waals surface area contributed by atoms with E-state index in [9.17, 15) is 4.79 Å². The summed E-state index contributed by atoms with van der Waals surface area (Å²) in [4.78, 5) is 20.2. The summed E-state index contributed by atoms with van der Waals surface area (Å²) in [5, 5.41) is 0. The molecule has 0 saturated heterocycles. The van der Waals surface area contributed by atoms with Gasteiger partial charge < -0.3 is 0 Å². The van der Waals surface area contributed by atoms with Gasteiger partial charge in [-0.05, 0) is 24.1 Å². The summed E-state index contributed by atoms with van der Waals surface area (Å²) >= 11 is 1.13. The molecule has 0 aliphatic carbocycles. The first-order valence-electron chi connectivity index (χ1n) is 5.05. The van der Waals surface area contributed by atoms with Gasteiger partial charge in [-0.25, -0.2) is 4.98 Å². The highest BCUT2D eigenvalue weighted by Gasteiger charge is 2.12. The average Bonchev–Trinajstić information content (AvgIpc) is 2.69. The fourth-order valence-corrected chi connectivity index (χ4v) is 2.38. The third kappa shape index (κ3) is 1.32. The van der Waals surface area contributed by atoms with Crippen LogP contribution in [0.1, 0.15) is 12.5 Å². The monoisotopic (exact) mass is 231 g/mol. The molecule has 0 bridgehead atoms. The minimum absolute atomic E-state index is 0.170. The van der Waals surface area contributed by atoms with Crippen molar-refractivity contribution in [2.24, 2.45) is 0 Å². The van der Waals surface area contributed by atoms with Gasteiger partial charge in [0.05, 0.1) is 11.1 Å². The molecule has 5 heteroatoms. The van der Waals surface area contributed by atoms with Gasteiger partial charge >= 0.3 is 4.87 Å². The first-order valence-corrected chi connectivity index (χ1v) is 5.86. The van der Waals surface area contributed by atoms with Crippen molar-refractivity contribution in [1.29, 1.82) is 0 Å². The molecular formula is C11H9N3OS. The number of fused-ring (bicyclic) bond motifs is 3. The van der Waals surface area contributed by atoms with Crippen molar-refractivity contribution in [2.45, 2.75) is 13.3 Å². The Hall–Kier alpha value is -1.75. The third-order valence-corrected chi connectivity index (χ3v) is 3.34. The predicted octanol–water partition coefficient (Wildman–Crippen LogP) is 1.82. The van der Waals surface area contributed by atoms with Gasteiger partial charge in [0.15, 0.2) is 5.82 Å². The molecule has 3 rings (SSSR count). The maximum Gasteiger partial charge on any atom is 0.329 e. The number of aryl methyl sites for hydroxylation is 1. The summed E-state index contributed by atoms with van der Waals surface area (Å²) < 4.78 is 1.85. The van der Waals surface area contributed by atoms with E-state index in [0.717, 1.165) is 28.3 Å². The second-order valence-electron chi connectivity index (χ2n) is 3.54. The van der Waals surface area contributed by atoms with Crippen LogP contribution in [0.4, 0.5) is 0 Å². The van der Waals surface area contributed by atoms with Crippen LogP contribution in [-0.2, 0) is 6.42 Å². The molecule has 3 heterocycles. The summed E-state index contributed by atoms with van der Waals surface area (Å²) in [5.74, 6) is 0.697. The van der Waals surface area contributed by atoms with E-state index in [1.165, 1.54) is 5.56 Å². The normalized spacial score (nSPS) is 11.3. The van der Waals surface area contributed by atoms with Crippen molar-refractivity contribution in [1.82, 2.24) is 14.4 Å². The van der Waals surface area contributed by atoms with Gasteiger partial charge in [0.25, 0.3) is 0 Å². The third-order valence-electron chi connectivity index (χ3n) is 2.56. The number of nitrogens with zero attached hydrogens (tertiary/aromatic N) is 3. The van der Waals surface area contributed by atoms with Crippen molar-refractivity contribution in [3.05, 3.63) is 39.8 Å². The van der Waals surface area contributed by atoms with Gasteiger partial charge in [-0.3, -0.25) is 9.20 Å². The lowest BCUT2D eigenvalue weighted by atomic mass is 10.2. The van der Waals surface area contributed by atoms with E-state index in [-0.39, 0.29) is 4.87 Å². The molecule has 0 radical (unpaired) electrons. The fraction of sp³-hybridized carbons (Fsp3) is 0.182. The summed E-state index contributed by atoms with van der Waals surface area (Å²) in [7, 11) is 0. The fourth-order valence-electron chi connectivity index (χ4n) is 1.71. The number of hydrogen-bond donors (Lipinski definition) is 0. The first-order chi connectivity index (χ1) is 7.78. The Labute approximate surface area is 95.6 Å². The molecule has 1 aromatic rings. The number of thiazole rings is 1. The zero-order chi connectivity index (χ0) is 11.1. The van der Waals surface area contributed by atoms with Crippen LogP contribution in [0.2, 0.25) is 0 Å². The highest BCUT2D eigenvalue weighted by atomic mass is 32.1. The quantitative estimate of drug-likeness (QED) is 0.641. The molecule has 2 aliphatic rings. The van der Waals surface area contributed by atoms with Crippen molar-refractivity contribution >= 4 is 17.0 Å². The molecule has 0 aromatic carbocycles.